The molecule has 1 aromatic carbocycles. The van der Waals surface area contributed by atoms with E-state index in [0.717, 1.165) is 38.9 Å². The van der Waals surface area contributed by atoms with Crippen LogP contribution in [0.3, 0.4) is 0 Å². The summed E-state index contributed by atoms with van der Waals surface area (Å²) in [7, 11) is 0. The molecule has 3 heteroatoms. The van der Waals surface area contributed by atoms with E-state index in [1.807, 2.05) is 11.8 Å². The lowest BCUT2D eigenvalue weighted by Gasteiger charge is -2.29. The first-order chi connectivity index (χ1) is 9.66. The molecule has 1 N–H and O–H groups in total. The quantitative estimate of drug-likeness (QED) is 0.895. The summed E-state index contributed by atoms with van der Waals surface area (Å²) in [6.45, 7) is 6.81. The van der Waals surface area contributed by atoms with Crippen molar-refractivity contribution in [2.24, 2.45) is 0 Å². The Hall–Kier alpha value is -1.35. The van der Waals surface area contributed by atoms with Crippen LogP contribution in [0.15, 0.2) is 24.3 Å². The summed E-state index contributed by atoms with van der Waals surface area (Å²) in [4.78, 5) is 14.3. The summed E-state index contributed by atoms with van der Waals surface area (Å²) in [5.41, 5.74) is 2.62. The van der Waals surface area contributed by atoms with Gasteiger partial charge in [-0.05, 0) is 51.6 Å². The van der Waals surface area contributed by atoms with Crippen LogP contribution in [-0.4, -0.2) is 36.5 Å². The molecule has 20 heavy (non-hydrogen) atoms. The number of hydrogen-bond acceptors (Lipinski definition) is 2. The molecule has 3 nitrogen and oxygen atoms in total. The minimum Gasteiger partial charge on any atom is -0.341 e. The number of benzene rings is 1. The van der Waals surface area contributed by atoms with Crippen molar-refractivity contribution in [1.82, 2.24) is 10.2 Å². The van der Waals surface area contributed by atoms with E-state index >= 15 is 0 Å². The van der Waals surface area contributed by atoms with Crippen molar-refractivity contribution in [2.75, 3.05) is 19.6 Å². The number of amides is 1. The molecule has 0 bridgehead atoms. The zero-order valence-corrected chi connectivity index (χ0v) is 12.7. The van der Waals surface area contributed by atoms with E-state index in [1.165, 1.54) is 17.5 Å². The van der Waals surface area contributed by atoms with Gasteiger partial charge in [0.1, 0.15) is 0 Å². The number of nitrogens with one attached hydrogen (secondary N) is 1. The van der Waals surface area contributed by atoms with Gasteiger partial charge in [-0.25, -0.2) is 0 Å². The molecule has 1 aliphatic rings. The van der Waals surface area contributed by atoms with Crippen LogP contribution < -0.4 is 5.32 Å². The summed E-state index contributed by atoms with van der Waals surface area (Å²) in [5.74, 6) is 0.258. The average molecular weight is 274 g/mol. The first-order valence-electron chi connectivity index (χ1n) is 7.74. The van der Waals surface area contributed by atoms with Crippen LogP contribution in [0.5, 0.6) is 0 Å². The Balaban J connectivity index is 1.74. The Morgan fingerprint density at radius 2 is 2.05 bits per heavy atom. The van der Waals surface area contributed by atoms with Gasteiger partial charge >= 0.3 is 0 Å². The minimum atomic E-state index is -0.0714. The van der Waals surface area contributed by atoms with E-state index in [4.69, 9.17) is 0 Å². The topological polar surface area (TPSA) is 32.3 Å². The summed E-state index contributed by atoms with van der Waals surface area (Å²) in [6.07, 6.45) is 4.54. The molecular weight excluding hydrogens is 248 g/mol. The van der Waals surface area contributed by atoms with Gasteiger partial charge in [0.25, 0.3) is 0 Å². The minimum absolute atomic E-state index is 0.0714. The molecule has 0 aromatic heterocycles. The van der Waals surface area contributed by atoms with Gasteiger partial charge < -0.3 is 10.2 Å². The number of likely N-dealkylation sites (tertiary alicyclic amines) is 1. The first-order valence-corrected chi connectivity index (χ1v) is 7.74. The standard InChI is InChI=1S/C17H26N2O/c1-14-7-6-8-16(13-14)9-10-18-15(2)17(20)19-11-4-3-5-12-19/h6-8,13,15,18H,3-5,9-12H2,1-2H3. The lowest BCUT2D eigenvalue weighted by molar-refractivity contribution is -0.133. The molecule has 1 amide bonds. The molecule has 110 valence electrons. The molecule has 1 aliphatic heterocycles. The zero-order valence-electron chi connectivity index (χ0n) is 12.7. The molecule has 0 aliphatic carbocycles. The summed E-state index contributed by atoms with van der Waals surface area (Å²) in [5, 5.41) is 3.36. The van der Waals surface area contributed by atoms with Gasteiger partial charge in [-0.15, -0.1) is 0 Å². The molecule has 1 fully saturated rings. The van der Waals surface area contributed by atoms with Crippen LogP contribution in [0.2, 0.25) is 0 Å². The van der Waals surface area contributed by atoms with Crippen LogP contribution in [0.1, 0.15) is 37.3 Å². The first kappa shape index (κ1) is 15.0. The molecule has 0 spiro atoms. The van der Waals surface area contributed by atoms with Gasteiger partial charge in [0.15, 0.2) is 0 Å². The van der Waals surface area contributed by atoms with E-state index in [0.29, 0.717) is 0 Å². The van der Waals surface area contributed by atoms with Crippen LogP contribution >= 0.6 is 0 Å². The molecular formula is C17H26N2O. The second kappa shape index (κ2) is 7.44. The maximum Gasteiger partial charge on any atom is 0.239 e. The predicted octanol–water partition coefficient (Wildman–Crippen LogP) is 2.53. The van der Waals surface area contributed by atoms with E-state index in [-0.39, 0.29) is 11.9 Å². The molecule has 2 rings (SSSR count). The maximum absolute atomic E-state index is 12.3. The predicted molar refractivity (Wildman–Crippen MR) is 82.8 cm³/mol. The van der Waals surface area contributed by atoms with Crippen molar-refractivity contribution in [2.45, 2.75) is 45.6 Å². The number of carbonyl (C=O) groups excluding carboxylic acids is 1. The Labute approximate surface area is 122 Å². The van der Waals surface area contributed by atoms with Crippen LogP contribution in [-0.2, 0) is 11.2 Å². The monoisotopic (exact) mass is 274 g/mol. The molecule has 1 heterocycles. The van der Waals surface area contributed by atoms with Crippen molar-refractivity contribution >= 4 is 5.91 Å². The smallest absolute Gasteiger partial charge is 0.239 e. The highest BCUT2D eigenvalue weighted by molar-refractivity contribution is 5.81. The third kappa shape index (κ3) is 4.34. The summed E-state index contributed by atoms with van der Waals surface area (Å²) >= 11 is 0. The van der Waals surface area contributed by atoms with Crippen molar-refractivity contribution in [3.8, 4) is 0 Å². The fourth-order valence-electron chi connectivity index (χ4n) is 2.78. The average Bonchev–Trinajstić information content (AvgIpc) is 2.47. The van der Waals surface area contributed by atoms with E-state index in [9.17, 15) is 4.79 Å². The summed E-state index contributed by atoms with van der Waals surface area (Å²) in [6, 6.07) is 8.48. The molecule has 0 saturated carbocycles. The van der Waals surface area contributed by atoms with Gasteiger partial charge in [0.05, 0.1) is 6.04 Å². The van der Waals surface area contributed by atoms with Gasteiger partial charge in [-0.3, -0.25) is 4.79 Å². The lowest BCUT2D eigenvalue weighted by atomic mass is 10.1. The highest BCUT2D eigenvalue weighted by Crippen LogP contribution is 2.10. The SMILES string of the molecule is Cc1cccc(CCNC(C)C(=O)N2CCCCC2)c1. The number of aryl methyl sites for hydroxylation is 1. The molecule has 1 aromatic rings. The third-order valence-electron chi connectivity index (χ3n) is 3.98. The van der Waals surface area contributed by atoms with Crippen molar-refractivity contribution in [3.63, 3.8) is 0 Å². The fraction of sp³-hybridized carbons (Fsp3) is 0.588. The van der Waals surface area contributed by atoms with E-state index in [2.05, 4.69) is 36.5 Å². The largest absolute Gasteiger partial charge is 0.341 e. The molecule has 1 unspecified atom stereocenters. The van der Waals surface area contributed by atoms with Gasteiger partial charge in [-0.2, -0.15) is 0 Å². The van der Waals surface area contributed by atoms with Gasteiger partial charge in [-0.1, -0.05) is 29.8 Å². The number of hydrogen-bond donors (Lipinski definition) is 1. The summed E-state index contributed by atoms with van der Waals surface area (Å²) < 4.78 is 0. The fourth-order valence-corrected chi connectivity index (χ4v) is 2.78. The normalized spacial score (nSPS) is 17.0. The molecule has 0 radical (unpaired) electrons. The second-order valence-electron chi connectivity index (χ2n) is 5.80. The van der Waals surface area contributed by atoms with Crippen LogP contribution in [0, 0.1) is 6.92 Å². The highest BCUT2D eigenvalue weighted by atomic mass is 16.2. The number of rotatable bonds is 5. The van der Waals surface area contributed by atoms with Crippen molar-refractivity contribution in [1.29, 1.82) is 0 Å². The highest BCUT2D eigenvalue weighted by Gasteiger charge is 2.21. The van der Waals surface area contributed by atoms with Crippen molar-refractivity contribution in [3.05, 3.63) is 35.4 Å². The number of piperidine rings is 1. The molecule has 1 saturated heterocycles. The van der Waals surface area contributed by atoms with Crippen molar-refractivity contribution < 1.29 is 4.79 Å². The Morgan fingerprint density at radius 3 is 2.75 bits per heavy atom. The van der Waals surface area contributed by atoms with Crippen LogP contribution in [0.4, 0.5) is 0 Å². The molecule has 1 atom stereocenters. The van der Waals surface area contributed by atoms with E-state index in [1.54, 1.807) is 0 Å². The third-order valence-corrected chi connectivity index (χ3v) is 3.98. The Kier molecular flexibility index (Phi) is 5.60. The Morgan fingerprint density at radius 1 is 1.30 bits per heavy atom. The maximum atomic E-state index is 12.3. The number of carbonyl (C=O) groups is 1. The Bertz CT molecular complexity index is 438. The van der Waals surface area contributed by atoms with Gasteiger partial charge in [0.2, 0.25) is 5.91 Å². The zero-order chi connectivity index (χ0) is 14.4. The lowest BCUT2D eigenvalue weighted by Crippen LogP contribution is -2.47. The second-order valence-corrected chi connectivity index (χ2v) is 5.80. The van der Waals surface area contributed by atoms with Gasteiger partial charge in [0, 0.05) is 13.1 Å². The van der Waals surface area contributed by atoms with Crippen LogP contribution in [0.25, 0.3) is 0 Å². The number of nitrogens with zero attached hydrogens (tertiary/aromatic N) is 1. The van der Waals surface area contributed by atoms with E-state index < -0.39 is 0 Å².